The first-order valence-corrected chi connectivity index (χ1v) is 5.66. The third-order valence-electron chi connectivity index (χ3n) is 1.97. The molecule has 0 aliphatic carbocycles. The molecule has 0 aromatic carbocycles. The summed E-state index contributed by atoms with van der Waals surface area (Å²) < 4.78 is 9.43. The summed E-state index contributed by atoms with van der Waals surface area (Å²) in [5.41, 5.74) is -0.205. The van der Waals surface area contributed by atoms with Gasteiger partial charge in [-0.05, 0) is 33.6 Å². The van der Waals surface area contributed by atoms with E-state index in [4.69, 9.17) is 4.74 Å². The molecule has 0 unspecified atom stereocenters. The minimum absolute atomic E-state index is 0.325. The lowest BCUT2D eigenvalue weighted by Gasteiger charge is -2.19. The molecule has 102 valence electrons. The van der Waals surface area contributed by atoms with Crippen molar-refractivity contribution in [2.24, 2.45) is 0 Å². The van der Waals surface area contributed by atoms with Crippen LogP contribution >= 0.6 is 0 Å². The molecule has 7 nitrogen and oxygen atoms in total. The van der Waals surface area contributed by atoms with Crippen molar-refractivity contribution in [1.29, 1.82) is 0 Å². The van der Waals surface area contributed by atoms with E-state index in [2.05, 4.69) is 14.7 Å². The first-order chi connectivity index (χ1) is 8.28. The average molecular weight is 258 g/mol. The number of aryl methyl sites for hydroxylation is 1. The number of H-pyrrole nitrogens is 1. The summed E-state index contributed by atoms with van der Waals surface area (Å²) in [5.74, 6) is -1.10. The first kappa shape index (κ1) is 14.1. The van der Waals surface area contributed by atoms with Crippen LogP contribution < -0.4 is 11.1 Å². The fourth-order valence-corrected chi connectivity index (χ4v) is 1.29. The molecule has 1 aromatic rings. The van der Waals surface area contributed by atoms with Gasteiger partial charge >= 0.3 is 17.8 Å². The molecular weight excluding hydrogens is 240 g/mol. The van der Waals surface area contributed by atoms with Crippen LogP contribution in [0.15, 0.2) is 9.21 Å². The van der Waals surface area contributed by atoms with Gasteiger partial charge in [-0.15, -0.1) is 0 Å². The number of hydrogen-bond acceptors (Lipinski definition) is 5. The van der Waals surface area contributed by atoms with Gasteiger partial charge in [0.1, 0.15) is 11.3 Å². The number of aromatic nitrogens is 1. The van der Waals surface area contributed by atoms with Crippen LogP contribution in [0.5, 0.6) is 5.95 Å². The average Bonchev–Trinajstić information content (AvgIpc) is 2.49. The van der Waals surface area contributed by atoms with Crippen molar-refractivity contribution >= 4 is 6.09 Å². The number of alkyl carbamates (subject to hydrolysis) is 1. The van der Waals surface area contributed by atoms with Gasteiger partial charge in [-0.25, -0.2) is 9.59 Å². The molecule has 0 bridgehead atoms. The Morgan fingerprint density at radius 1 is 1.50 bits per heavy atom. The maximum atomic E-state index is 11.3. The Labute approximate surface area is 104 Å². The zero-order valence-electron chi connectivity index (χ0n) is 10.7. The summed E-state index contributed by atoms with van der Waals surface area (Å²) in [6.07, 6.45) is 0.447. The second-order valence-corrected chi connectivity index (χ2v) is 4.83. The Balaban J connectivity index is 2.25. The number of aromatic amines is 1. The van der Waals surface area contributed by atoms with Gasteiger partial charge in [0.2, 0.25) is 0 Å². The minimum atomic E-state index is -0.692. The summed E-state index contributed by atoms with van der Waals surface area (Å²) >= 11 is 0. The summed E-state index contributed by atoms with van der Waals surface area (Å²) in [7, 11) is 0. The number of hydrogen-bond donors (Lipinski definition) is 3. The van der Waals surface area contributed by atoms with Gasteiger partial charge in [0, 0.05) is 6.54 Å². The highest BCUT2D eigenvalue weighted by Crippen LogP contribution is 2.12. The molecule has 18 heavy (non-hydrogen) atoms. The smallest absolute Gasteiger partial charge is 0.419 e. The van der Waals surface area contributed by atoms with E-state index in [0.29, 0.717) is 25.1 Å². The van der Waals surface area contributed by atoms with Crippen LogP contribution in [0.2, 0.25) is 0 Å². The predicted octanol–water partition coefficient (Wildman–Crippen LogP) is 1.13. The van der Waals surface area contributed by atoms with Gasteiger partial charge in [-0.1, -0.05) is 0 Å². The van der Waals surface area contributed by atoms with Crippen LogP contribution in [0.25, 0.3) is 0 Å². The van der Waals surface area contributed by atoms with Crippen LogP contribution in [-0.2, 0) is 11.2 Å². The molecule has 1 aromatic heterocycles. The van der Waals surface area contributed by atoms with E-state index in [1.165, 1.54) is 0 Å². The van der Waals surface area contributed by atoms with Gasteiger partial charge in [0.05, 0.1) is 0 Å². The number of rotatable bonds is 4. The SMILES string of the molecule is CC(C)(C)OC(=O)NCCCc1[nH]c(=O)oc1O. The number of carbonyl (C=O) groups excluding carboxylic acids is 1. The number of ether oxygens (including phenoxy) is 1. The Morgan fingerprint density at radius 2 is 2.17 bits per heavy atom. The van der Waals surface area contributed by atoms with Crippen molar-refractivity contribution in [1.82, 2.24) is 10.3 Å². The zero-order chi connectivity index (χ0) is 13.8. The van der Waals surface area contributed by atoms with E-state index in [1.54, 1.807) is 20.8 Å². The van der Waals surface area contributed by atoms with E-state index in [-0.39, 0.29) is 0 Å². The highest BCUT2D eigenvalue weighted by Gasteiger charge is 2.15. The maximum Gasteiger partial charge on any atom is 0.419 e. The fourth-order valence-electron chi connectivity index (χ4n) is 1.29. The third kappa shape index (κ3) is 4.94. The zero-order valence-corrected chi connectivity index (χ0v) is 10.7. The molecule has 0 saturated heterocycles. The quantitative estimate of drug-likeness (QED) is 0.702. The van der Waals surface area contributed by atoms with E-state index in [0.717, 1.165) is 0 Å². The largest absolute Gasteiger partial charge is 0.479 e. The normalized spacial score (nSPS) is 11.3. The van der Waals surface area contributed by atoms with E-state index < -0.39 is 23.4 Å². The highest BCUT2D eigenvalue weighted by molar-refractivity contribution is 5.67. The van der Waals surface area contributed by atoms with Crippen LogP contribution in [0, 0.1) is 0 Å². The summed E-state index contributed by atoms with van der Waals surface area (Å²) in [4.78, 5) is 24.4. The summed E-state index contributed by atoms with van der Waals surface area (Å²) in [5, 5.41) is 11.8. The molecule has 1 heterocycles. The fraction of sp³-hybridized carbons (Fsp3) is 0.636. The third-order valence-corrected chi connectivity index (χ3v) is 1.97. The number of oxazole rings is 1. The van der Waals surface area contributed by atoms with E-state index in [1.807, 2.05) is 0 Å². The van der Waals surface area contributed by atoms with Crippen molar-refractivity contribution in [3.8, 4) is 5.95 Å². The van der Waals surface area contributed by atoms with Gasteiger partial charge in [0.25, 0.3) is 0 Å². The maximum absolute atomic E-state index is 11.3. The Morgan fingerprint density at radius 3 is 2.67 bits per heavy atom. The van der Waals surface area contributed by atoms with Crippen molar-refractivity contribution in [2.45, 2.75) is 39.2 Å². The Bertz CT molecular complexity index is 455. The lowest BCUT2D eigenvalue weighted by molar-refractivity contribution is 0.0527. The number of aromatic hydroxyl groups is 1. The molecule has 0 atom stereocenters. The lowest BCUT2D eigenvalue weighted by Crippen LogP contribution is -2.33. The highest BCUT2D eigenvalue weighted by atomic mass is 16.6. The topological polar surface area (TPSA) is 105 Å². The molecule has 0 radical (unpaired) electrons. The van der Waals surface area contributed by atoms with Crippen molar-refractivity contribution in [3.63, 3.8) is 0 Å². The molecule has 0 saturated carbocycles. The molecule has 0 aliphatic rings. The van der Waals surface area contributed by atoms with Crippen molar-refractivity contribution in [2.75, 3.05) is 6.54 Å². The number of carbonyl (C=O) groups is 1. The van der Waals surface area contributed by atoms with Crippen LogP contribution in [-0.4, -0.2) is 28.3 Å². The second kappa shape index (κ2) is 5.61. The molecule has 3 N–H and O–H groups in total. The van der Waals surface area contributed by atoms with E-state index >= 15 is 0 Å². The van der Waals surface area contributed by atoms with Crippen LogP contribution in [0.1, 0.15) is 32.9 Å². The molecule has 0 fully saturated rings. The van der Waals surface area contributed by atoms with Gasteiger partial charge in [-0.2, -0.15) is 0 Å². The molecular formula is C11H18N2O5. The van der Waals surface area contributed by atoms with E-state index in [9.17, 15) is 14.7 Å². The lowest BCUT2D eigenvalue weighted by atomic mass is 10.2. The molecule has 0 spiro atoms. The number of amides is 1. The first-order valence-electron chi connectivity index (χ1n) is 5.66. The monoisotopic (exact) mass is 258 g/mol. The standard InChI is InChI=1S/C11H18N2O5/c1-11(2,3)18-9(15)12-6-4-5-7-8(14)17-10(16)13-7/h14H,4-6H2,1-3H3,(H,12,15)(H,13,16). The Hall–Kier alpha value is -1.92. The molecule has 0 aliphatic heterocycles. The van der Waals surface area contributed by atoms with Crippen LogP contribution in [0.4, 0.5) is 4.79 Å². The van der Waals surface area contributed by atoms with Crippen molar-refractivity contribution < 1.29 is 19.1 Å². The molecule has 7 heteroatoms. The molecule has 1 amide bonds. The van der Waals surface area contributed by atoms with Crippen molar-refractivity contribution in [3.05, 3.63) is 16.2 Å². The Kier molecular flexibility index (Phi) is 4.41. The minimum Gasteiger partial charge on any atom is -0.479 e. The predicted molar refractivity (Wildman–Crippen MR) is 63.6 cm³/mol. The summed E-state index contributed by atoms with van der Waals surface area (Å²) in [6.45, 7) is 5.71. The summed E-state index contributed by atoms with van der Waals surface area (Å²) in [6, 6.07) is 0. The molecule has 1 rings (SSSR count). The second-order valence-electron chi connectivity index (χ2n) is 4.83. The van der Waals surface area contributed by atoms with Gasteiger partial charge < -0.3 is 19.6 Å². The van der Waals surface area contributed by atoms with Gasteiger partial charge in [0.15, 0.2) is 0 Å². The van der Waals surface area contributed by atoms with Gasteiger partial charge in [-0.3, -0.25) is 4.98 Å². The number of nitrogens with one attached hydrogen (secondary N) is 2. The van der Waals surface area contributed by atoms with Crippen LogP contribution in [0.3, 0.4) is 0 Å².